The summed E-state index contributed by atoms with van der Waals surface area (Å²) in [5, 5.41) is 0.705. The number of nitrogens with zero attached hydrogens (tertiary/aromatic N) is 4. The number of hydrogen-bond donors (Lipinski definition) is 0. The quantitative estimate of drug-likeness (QED) is 0.675. The van der Waals surface area contributed by atoms with E-state index in [-0.39, 0.29) is 18.0 Å². The van der Waals surface area contributed by atoms with Gasteiger partial charge in [0.05, 0.1) is 23.3 Å². The van der Waals surface area contributed by atoms with Crippen LogP contribution in [-0.2, 0) is 11.3 Å². The lowest BCUT2D eigenvalue weighted by atomic mass is 10.2. The average molecular weight is 399 g/mol. The molecule has 3 heterocycles. The van der Waals surface area contributed by atoms with Crippen molar-refractivity contribution in [3.63, 3.8) is 0 Å². The Morgan fingerprint density at radius 3 is 2.57 bits per heavy atom. The zero-order valence-electron chi connectivity index (χ0n) is 15.1. The number of amides is 1. The molecule has 8 heteroatoms. The van der Waals surface area contributed by atoms with Crippen molar-refractivity contribution in [2.45, 2.75) is 6.54 Å². The second-order valence-electron chi connectivity index (χ2n) is 6.54. The molecule has 4 rings (SSSR count). The van der Waals surface area contributed by atoms with Crippen LogP contribution in [0.1, 0.15) is 0 Å². The minimum Gasteiger partial charge on any atom is -0.463 e. The maximum atomic E-state index is 12.6. The maximum absolute atomic E-state index is 12.6. The van der Waals surface area contributed by atoms with Crippen LogP contribution < -0.4 is 10.5 Å². The van der Waals surface area contributed by atoms with Crippen molar-refractivity contribution < 1.29 is 9.21 Å². The van der Waals surface area contributed by atoms with Crippen LogP contribution in [0.25, 0.3) is 11.5 Å². The average Bonchev–Trinajstić information content (AvgIpc) is 3.25. The number of anilines is 1. The molecule has 1 aliphatic rings. The Balaban J connectivity index is 1.39. The van der Waals surface area contributed by atoms with Crippen LogP contribution >= 0.6 is 11.6 Å². The van der Waals surface area contributed by atoms with Crippen LogP contribution in [0.2, 0.25) is 5.02 Å². The standard InChI is InChI=1S/C20H19ClN4O3/c21-15-4-1-2-5-17(15)23-7-9-24(10-8-23)20(27)13-25-14-22-16(12-19(25)26)18-6-3-11-28-18/h1-6,11-12,14H,7-10,13H2. The summed E-state index contributed by atoms with van der Waals surface area (Å²) in [5.74, 6) is 0.416. The molecule has 1 fully saturated rings. The van der Waals surface area contributed by atoms with Gasteiger partial charge in [-0.3, -0.25) is 14.2 Å². The van der Waals surface area contributed by atoms with Crippen LogP contribution in [0.3, 0.4) is 0 Å². The number of carbonyl (C=O) groups is 1. The van der Waals surface area contributed by atoms with Gasteiger partial charge < -0.3 is 14.2 Å². The fourth-order valence-electron chi connectivity index (χ4n) is 3.25. The second kappa shape index (κ2) is 7.90. The van der Waals surface area contributed by atoms with Gasteiger partial charge >= 0.3 is 0 Å². The van der Waals surface area contributed by atoms with Crippen LogP contribution in [0.5, 0.6) is 0 Å². The lowest BCUT2D eigenvalue weighted by Gasteiger charge is -2.36. The molecular weight excluding hydrogens is 380 g/mol. The number of rotatable bonds is 4. The number of carbonyl (C=O) groups excluding carboxylic acids is 1. The molecule has 1 amide bonds. The highest BCUT2D eigenvalue weighted by Gasteiger charge is 2.22. The summed E-state index contributed by atoms with van der Waals surface area (Å²) in [6.07, 6.45) is 2.91. The predicted octanol–water partition coefficient (Wildman–Crippen LogP) is 2.51. The van der Waals surface area contributed by atoms with E-state index in [1.165, 1.54) is 23.2 Å². The maximum Gasteiger partial charge on any atom is 0.254 e. The Hall–Kier alpha value is -3.06. The fraction of sp³-hybridized carbons (Fsp3) is 0.250. The van der Waals surface area contributed by atoms with E-state index >= 15 is 0 Å². The molecule has 0 unspecified atom stereocenters. The number of benzene rings is 1. The first-order chi connectivity index (χ1) is 13.6. The minimum absolute atomic E-state index is 0.0314. The first-order valence-corrected chi connectivity index (χ1v) is 9.37. The van der Waals surface area contributed by atoms with Crippen molar-refractivity contribution in [3.05, 3.63) is 70.4 Å². The first-order valence-electron chi connectivity index (χ1n) is 8.99. The van der Waals surface area contributed by atoms with Crippen molar-refractivity contribution in [3.8, 4) is 11.5 Å². The molecule has 0 aliphatic carbocycles. The normalized spacial score (nSPS) is 14.3. The Labute approximate surface area is 166 Å². The third kappa shape index (κ3) is 3.80. The Morgan fingerprint density at radius 2 is 1.89 bits per heavy atom. The summed E-state index contributed by atoms with van der Waals surface area (Å²) in [4.78, 5) is 33.1. The molecule has 0 atom stereocenters. The van der Waals surface area contributed by atoms with E-state index in [1.54, 1.807) is 17.0 Å². The predicted molar refractivity (Wildman–Crippen MR) is 106 cm³/mol. The van der Waals surface area contributed by atoms with Crippen molar-refractivity contribution in [1.29, 1.82) is 0 Å². The highest BCUT2D eigenvalue weighted by Crippen LogP contribution is 2.26. The number of piperazine rings is 1. The van der Waals surface area contributed by atoms with Crippen molar-refractivity contribution >= 4 is 23.2 Å². The largest absolute Gasteiger partial charge is 0.463 e. The van der Waals surface area contributed by atoms with E-state index in [0.29, 0.717) is 42.7 Å². The van der Waals surface area contributed by atoms with Crippen molar-refractivity contribution in [2.24, 2.45) is 0 Å². The van der Waals surface area contributed by atoms with E-state index in [1.807, 2.05) is 24.3 Å². The monoisotopic (exact) mass is 398 g/mol. The van der Waals surface area contributed by atoms with Crippen molar-refractivity contribution in [1.82, 2.24) is 14.5 Å². The van der Waals surface area contributed by atoms with E-state index in [2.05, 4.69) is 9.88 Å². The van der Waals surface area contributed by atoms with E-state index < -0.39 is 0 Å². The minimum atomic E-state index is -0.288. The van der Waals surface area contributed by atoms with Gasteiger partial charge in [0.1, 0.15) is 12.2 Å². The van der Waals surface area contributed by atoms with Gasteiger partial charge in [0.2, 0.25) is 5.91 Å². The number of para-hydroxylation sites is 1. The summed E-state index contributed by atoms with van der Waals surface area (Å²) in [5.41, 5.74) is 1.14. The summed E-state index contributed by atoms with van der Waals surface area (Å²) in [7, 11) is 0. The van der Waals surface area contributed by atoms with Gasteiger partial charge in [-0.05, 0) is 24.3 Å². The van der Waals surface area contributed by atoms with Gasteiger partial charge in [-0.2, -0.15) is 0 Å². The first kappa shape index (κ1) is 18.3. The lowest BCUT2D eigenvalue weighted by Crippen LogP contribution is -2.50. The molecule has 0 bridgehead atoms. The molecule has 0 radical (unpaired) electrons. The van der Waals surface area contributed by atoms with E-state index in [9.17, 15) is 9.59 Å². The summed E-state index contributed by atoms with van der Waals surface area (Å²) < 4.78 is 6.56. The molecule has 0 N–H and O–H groups in total. The topological polar surface area (TPSA) is 71.6 Å². The zero-order valence-corrected chi connectivity index (χ0v) is 15.9. The number of halogens is 1. The van der Waals surface area contributed by atoms with Gasteiger partial charge in [-0.15, -0.1) is 0 Å². The van der Waals surface area contributed by atoms with Gasteiger partial charge in [0, 0.05) is 32.2 Å². The second-order valence-corrected chi connectivity index (χ2v) is 6.94. The van der Waals surface area contributed by atoms with Crippen LogP contribution in [-0.4, -0.2) is 46.5 Å². The van der Waals surface area contributed by atoms with E-state index in [0.717, 1.165) is 5.69 Å². The SMILES string of the molecule is O=C(Cn1cnc(-c2ccco2)cc1=O)N1CCN(c2ccccc2Cl)CC1. The van der Waals surface area contributed by atoms with E-state index in [4.69, 9.17) is 16.0 Å². The van der Waals surface area contributed by atoms with Crippen molar-refractivity contribution in [2.75, 3.05) is 31.1 Å². The molecule has 28 heavy (non-hydrogen) atoms. The van der Waals surface area contributed by atoms with Crippen LogP contribution in [0, 0.1) is 0 Å². The molecule has 1 aliphatic heterocycles. The molecule has 0 saturated carbocycles. The molecular formula is C20H19ClN4O3. The molecule has 3 aromatic rings. The molecule has 1 aromatic carbocycles. The number of furan rings is 1. The molecule has 1 saturated heterocycles. The lowest BCUT2D eigenvalue weighted by molar-refractivity contribution is -0.132. The fourth-order valence-corrected chi connectivity index (χ4v) is 3.51. The van der Waals surface area contributed by atoms with Gasteiger partial charge in [0.25, 0.3) is 5.56 Å². The smallest absolute Gasteiger partial charge is 0.254 e. The molecule has 144 valence electrons. The Kier molecular flexibility index (Phi) is 5.16. The van der Waals surface area contributed by atoms with Crippen LogP contribution in [0.4, 0.5) is 5.69 Å². The Bertz CT molecular complexity index is 1020. The zero-order chi connectivity index (χ0) is 19.5. The third-order valence-electron chi connectivity index (χ3n) is 4.78. The number of aromatic nitrogens is 2. The highest BCUT2D eigenvalue weighted by molar-refractivity contribution is 6.33. The van der Waals surface area contributed by atoms with Gasteiger partial charge in [0.15, 0.2) is 5.76 Å². The van der Waals surface area contributed by atoms with Crippen LogP contribution in [0.15, 0.2) is 64.3 Å². The summed E-state index contributed by atoms with van der Waals surface area (Å²) >= 11 is 6.26. The van der Waals surface area contributed by atoms with Gasteiger partial charge in [-0.25, -0.2) is 4.98 Å². The summed E-state index contributed by atoms with van der Waals surface area (Å²) in [6, 6.07) is 12.5. The molecule has 7 nitrogen and oxygen atoms in total. The Morgan fingerprint density at radius 1 is 1.11 bits per heavy atom. The van der Waals surface area contributed by atoms with Gasteiger partial charge in [-0.1, -0.05) is 23.7 Å². The summed E-state index contributed by atoms with van der Waals surface area (Å²) in [6.45, 7) is 2.52. The molecule has 0 spiro atoms. The highest BCUT2D eigenvalue weighted by atomic mass is 35.5. The number of hydrogen-bond acceptors (Lipinski definition) is 5. The third-order valence-corrected chi connectivity index (χ3v) is 5.10. The molecule has 2 aromatic heterocycles.